The molecule has 138 valence electrons. The summed E-state index contributed by atoms with van der Waals surface area (Å²) in [5, 5.41) is 12.8. The normalized spacial score (nSPS) is 49.6. The van der Waals surface area contributed by atoms with E-state index in [2.05, 4.69) is 25.2 Å². The molecular weight excluding hydrogens is 314 g/mol. The van der Waals surface area contributed by atoms with Gasteiger partial charge in [0.05, 0.1) is 5.92 Å². The molecule has 1 amide bonds. The fraction of sp³-hybridized carbons (Fsp3) is 0.810. The van der Waals surface area contributed by atoms with E-state index in [9.17, 15) is 14.7 Å². The molecule has 2 unspecified atom stereocenters. The van der Waals surface area contributed by atoms with Crippen LogP contribution in [0.15, 0.2) is 12.2 Å². The summed E-state index contributed by atoms with van der Waals surface area (Å²) < 4.78 is 0. The number of aliphatic carboxylic acids is 1. The predicted octanol–water partition coefficient (Wildman–Crippen LogP) is 3.62. The van der Waals surface area contributed by atoms with Gasteiger partial charge >= 0.3 is 5.97 Å². The highest BCUT2D eigenvalue weighted by atomic mass is 16.4. The van der Waals surface area contributed by atoms with E-state index in [1.807, 2.05) is 6.92 Å². The summed E-state index contributed by atoms with van der Waals surface area (Å²) in [7, 11) is 0. The molecule has 0 saturated heterocycles. The quantitative estimate of drug-likeness (QED) is 0.803. The number of carbonyl (C=O) groups excluding carboxylic acids is 1. The zero-order chi connectivity index (χ0) is 18.0. The Labute approximate surface area is 150 Å². The van der Waals surface area contributed by atoms with Crippen molar-refractivity contribution in [1.29, 1.82) is 0 Å². The molecule has 3 saturated carbocycles. The highest BCUT2D eigenvalue weighted by Gasteiger charge is 2.60. The van der Waals surface area contributed by atoms with Crippen molar-refractivity contribution in [3.8, 4) is 0 Å². The molecular formula is C21H31NO3. The minimum Gasteiger partial charge on any atom is -0.481 e. The molecule has 8 atom stereocenters. The van der Waals surface area contributed by atoms with Crippen molar-refractivity contribution < 1.29 is 14.7 Å². The van der Waals surface area contributed by atoms with Crippen molar-refractivity contribution in [1.82, 2.24) is 5.32 Å². The topological polar surface area (TPSA) is 66.4 Å². The smallest absolute Gasteiger partial charge is 0.306 e. The fourth-order valence-corrected chi connectivity index (χ4v) is 7.37. The number of carboxylic acid groups (broad SMARTS) is 1. The van der Waals surface area contributed by atoms with E-state index in [0.29, 0.717) is 23.7 Å². The maximum absolute atomic E-state index is 11.8. The molecule has 1 heterocycles. The first kappa shape index (κ1) is 17.1. The molecule has 25 heavy (non-hydrogen) atoms. The number of amides is 1. The lowest BCUT2D eigenvalue weighted by molar-refractivity contribution is -0.146. The van der Waals surface area contributed by atoms with Gasteiger partial charge in [0.2, 0.25) is 5.91 Å². The summed E-state index contributed by atoms with van der Waals surface area (Å²) in [5.74, 6) is 1.41. The molecule has 4 heteroatoms. The van der Waals surface area contributed by atoms with Gasteiger partial charge in [-0.05, 0) is 73.7 Å². The Bertz CT molecular complexity index is 629. The largest absolute Gasteiger partial charge is 0.481 e. The van der Waals surface area contributed by atoms with E-state index in [1.165, 1.54) is 12.8 Å². The molecule has 0 aromatic heterocycles. The van der Waals surface area contributed by atoms with Crippen LogP contribution < -0.4 is 5.32 Å². The number of carboxylic acids is 1. The van der Waals surface area contributed by atoms with Gasteiger partial charge in [0.15, 0.2) is 0 Å². The SMILES string of the molecule is CC(C(=O)O)[C@H]1CC[C@H]2[C@@H]3CCC4NC(=O)C=C[C@]4(C)[C@H]3CC[C@]12C. The summed E-state index contributed by atoms with van der Waals surface area (Å²) in [5.41, 5.74) is 0.235. The van der Waals surface area contributed by atoms with E-state index in [4.69, 9.17) is 0 Å². The Hall–Kier alpha value is -1.32. The van der Waals surface area contributed by atoms with Gasteiger partial charge in [-0.2, -0.15) is 0 Å². The molecule has 4 aliphatic rings. The van der Waals surface area contributed by atoms with Gasteiger partial charge in [-0.1, -0.05) is 26.8 Å². The predicted molar refractivity (Wildman–Crippen MR) is 95.7 cm³/mol. The third kappa shape index (κ3) is 2.32. The number of hydrogen-bond acceptors (Lipinski definition) is 2. The van der Waals surface area contributed by atoms with Crippen LogP contribution >= 0.6 is 0 Å². The van der Waals surface area contributed by atoms with Crippen LogP contribution in [0, 0.1) is 40.4 Å². The Morgan fingerprint density at radius 2 is 1.96 bits per heavy atom. The summed E-state index contributed by atoms with van der Waals surface area (Å²) in [6, 6.07) is 0.269. The molecule has 0 aromatic rings. The molecule has 2 N–H and O–H groups in total. The van der Waals surface area contributed by atoms with Crippen LogP contribution in [0.25, 0.3) is 0 Å². The Balaban J connectivity index is 1.63. The highest BCUT2D eigenvalue weighted by molar-refractivity contribution is 5.89. The molecule has 4 rings (SSSR count). The van der Waals surface area contributed by atoms with Crippen LogP contribution in [-0.2, 0) is 9.59 Å². The number of hydrogen-bond donors (Lipinski definition) is 2. The summed E-state index contributed by atoms with van der Waals surface area (Å²) in [6.07, 6.45) is 10.7. The van der Waals surface area contributed by atoms with E-state index in [1.54, 1.807) is 6.08 Å². The molecule has 0 bridgehead atoms. The minimum absolute atomic E-state index is 0.0535. The number of fused-ring (bicyclic) bond motifs is 5. The molecule has 3 fully saturated rings. The number of carbonyl (C=O) groups is 2. The van der Waals surface area contributed by atoms with Crippen LogP contribution in [0.5, 0.6) is 0 Å². The minimum atomic E-state index is -0.636. The summed E-state index contributed by atoms with van der Waals surface area (Å²) in [6.45, 7) is 6.61. The van der Waals surface area contributed by atoms with E-state index in [-0.39, 0.29) is 28.7 Å². The average molecular weight is 345 g/mol. The zero-order valence-electron chi connectivity index (χ0n) is 15.6. The van der Waals surface area contributed by atoms with Crippen molar-refractivity contribution in [3.63, 3.8) is 0 Å². The average Bonchev–Trinajstić information content (AvgIpc) is 2.92. The van der Waals surface area contributed by atoms with Gasteiger partial charge in [0, 0.05) is 11.5 Å². The third-order valence-corrected chi connectivity index (χ3v) is 8.75. The van der Waals surface area contributed by atoms with E-state index < -0.39 is 5.97 Å². The lowest BCUT2D eigenvalue weighted by Gasteiger charge is -2.59. The van der Waals surface area contributed by atoms with Crippen LogP contribution in [-0.4, -0.2) is 23.0 Å². The van der Waals surface area contributed by atoms with E-state index in [0.717, 1.165) is 25.7 Å². The molecule has 0 radical (unpaired) electrons. The lowest BCUT2D eigenvalue weighted by Crippen LogP contribution is -2.59. The summed E-state index contributed by atoms with van der Waals surface area (Å²) >= 11 is 0. The van der Waals surface area contributed by atoms with Crippen molar-refractivity contribution in [2.45, 2.75) is 65.3 Å². The van der Waals surface area contributed by atoms with E-state index >= 15 is 0 Å². The van der Waals surface area contributed by atoms with Gasteiger partial charge in [0.25, 0.3) is 0 Å². The third-order valence-electron chi connectivity index (χ3n) is 8.75. The van der Waals surface area contributed by atoms with Crippen molar-refractivity contribution in [2.24, 2.45) is 40.4 Å². The number of rotatable bonds is 2. The molecule has 1 aliphatic heterocycles. The first-order valence-corrected chi connectivity index (χ1v) is 10.00. The molecule has 3 aliphatic carbocycles. The van der Waals surface area contributed by atoms with Crippen molar-refractivity contribution in [2.75, 3.05) is 0 Å². The highest BCUT2D eigenvalue weighted by Crippen LogP contribution is 2.66. The fourth-order valence-electron chi connectivity index (χ4n) is 7.37. The monoisotopic (exact) mass is 345 g/mol. The summed E-state index contributed by atoms with van der Waals surface area (Å²) in [4.78, 5) is 23.4. The Morgan fingerprint density at radius 3 is 2.68 bits per heavy atom. The standard InChI is InChI=1S/C21H31NO3/c1-12(19(24)25)14-5-6-15-13-4-7-17-21(3,11-9-18(23)22-17)16(13)8-10-20(14,15)2/h9,11-17H,4-8,10H2,1-3H3,(H,22,23)(H,24,25)/t12?,13-,14+,15-,16-,17?,20+,21+/m0/s1. The Kier molecular flexibility index (Phi) is 3.82. The first-order chi connectivity index (χ1) is 11.8. The van der Waals surface area contributed by atoms with Crippen LogP contribution in [0.2, 0.25) is 0 Å². The molecule has 0 spiro atoms. The van der Waals surface area contributed by atoms with Gasteiger partial charge in [-0.25, -0.2) is 0 Å². The van der Waals surface area contributed by atoms with Gasteiger partial charge < -0.3 is 10.4 Å². The zero-order valence-corrected chi connectivity index (χ0v) is 15.6. The van der Waals surface area contributed by atoms with Crippen LogP contribution in [0.4, 0.5) is 0 Å². The second-order valence-corrected chi connectivity index (χ2v) is 9.57. The lowest BCUT2D eigenvalue weighted by atomic mass is 9.47. The van der Waals surface area contributed by atoms with Crippen molar-refractivity contribution in [3.05, 3.63) is 12.2 Å². The van der Waals surface area contributed by atoms with Gasteiger partial charge in [-0.15, -0.1) is 0 Å². The second-order valence-electron chi connectivity index (χ2n) is 9.57. The first-order valence-electron chi connectivity index (χ1n) is 10.00. The van der Waals surface area contributed by atoms with Gasteiger partial charge in [-0.3, -0.25) is 9.59 Å². The number of nitrogens with one attached hydrogen (secondary N) is 1. The van der Waals surface area contributed by atoms with Crippen LogP contribution in [0.3, 0.4) is 0 Å². The Morgan fingerprint density at radius 1 is 1.20 bits per heavy atom. The molecule has 4 nitrogen and oxygen atoms in total. The second kappa shape index (κ2) is 5.59. The van der Waals surface area contributed by atoms with Crippen LogP contribution in [0.1, 0.15) is 59.3 Å². The van der Waals surface area contributed by atoms with Crippen molar-refractivity contribution >= 4 is 11.9 Å². The maximum atomic E-state index is 11.8. The van der Waals surface area contributed by atoms with Gasteiger partial charge in [0.1, 0.15) is 0 Å². The maximum Gasteiger partial charge on any atom is 0.306 e. The molecule has 0 aromatic carbocycles.